The first-order valence-corrected chi connectivity index (χ1v) is 9.89. The van der Waals surface area contributed by atoms with Gasteiger partial charge in [-0.1, -0.05) is 0 Å². The molecule has 0 bridgehead atoms. The molecular weight excluding hydrogens is 400 g/mol. The first-order chi connectivity index (χ1) is 14.5. The monoisotopic (exact) mass is 424 g/mol. The molecule has 7 nitrogen and oxygen atoms in total. The molecule has 3 aromatic rings. The molecule has 1 aromatic heterocycles. The lowest BCUT2D eigenvalue weighted by atomic mass is 9.98. The summed E-state index contributed by atoms with van der Waals surface area (Å²) in [5, 5.41) is 7.79. The molecule has 156 valence electrons. The first kappa shape index (κ1) is 20.0. The zero-order valence-corrected chi connectivity index (χ0v) is 18.2. The number of nitrogens with two attached hydrogens (primary N) is 1. The number of fused-ring (bicyclic) bond motifs is 1. The second-order valence-corrected chi connectivity index (χ2v) is 7.52. The van der Waals surface area contributed by atoms with Crippen molar-refractivity contribution in [2.45, 2.75) is 12.5 Å². The van der Waals surface area contributed by atoms with Gasteiger partial charge in [0, 0.05) is 41.7 Å². The molecule has 0 amide bonds. The quantitative estimate of drug-likeness (QED) is 0.631. The smallest absolute Gasteiger partial charge is 0.187 e. The van der Waals surface area contributed by atoms with Crippen LogP contribution in [0.2, 0.25) is 0 Å². The van der Waals surface area contributed by atoms with Crippen molar-refractivity contribution in [2.75, 3.05) is 21.3 Å². The third-order valence-electron chi connectivity index (χ3n) is 5.44. The van der Waals surface area contributed by atoms with Gasteiger partial charge in [-0.25, -0.2) is 5.01 Å². The van der Waals surface area contributed by atoms with E-state index < -0.39 is 0 Å². The molecule has 0 saturated heterocycles. The van der Waals surface area contributed by atoms with E-state index >= 15 is 0 Å². The van der Waals surface area contributed by atoms with E-state index in [1.54, 1.807) is 26.3 Å². The van der Waals surface area contributed by atoms with Gasteiger partial charge in [0.05, 0.1) is 33.1 Å². The second kappa shape index (κ2) is 7.87. The van der Waals surface area contributed by atoms with E-state index in [2.05, 4.69) is 10.8 Å². The lowest BCUT2D eigenvalue weighted by molar-refractivity contribution is 0.355. The summed E-state index contributed by atoms with van der Waals surface area (Å²) in [6.07, 6.45) is 2.76. The predicted octanol–water partition coefficient (Wildman–Crippen LogP) is 3.60. The molecule has 2 N–H and O–H groups in total. The minimum atomic E-state index is -0.110. The Labute approximate surface area is 180 Å². The van der Waals surface area contributed by atoms with Crippen LogP contribution < -0.4 is 19.9 Å². The molecule has 1 aliphatic heterocycles. The number of nitrogens with zero attached hydrogens (tertiary/aromatic N) is 3. The summed E-state index contributed by atoms with van der Waals surface area (Å²) >= 11 is 5.32. The van der Waals surface area contributed by atoms with Crippen molar-refractivity contribution in [3.05, 3.63) is 53.7 Å². The highest BCUT2D eigenvalue weighted by atomic mass is 32.1. The average molecular weight is 425 g/mol. The van der Waals surface area contributed by atoms with Crippen molar-refractivity contribution in [1.82, 2.24) is 9.58 Å². The average Bonchev–Trinajstić information content (AvgIpc) is 3.34. The summed E-state index contributed by atoms with van der Waals surface area (Å²) in [6.45, 7) is 0. The summed E-state index contributed by atoms with van der Waals surface area (Å²) < 4.78 is 18.3. The lowest BCUT2D eigenvalue weighted by Crippen LogP contribution is -2.31. The van der Waals surface area contributed by atoms with Crippen LogP contribution in [0.4, 0.5) is 0 Å². The normalized spacial score (nSPS) is 15.9. The van der Waals surface area contributed by atoms with E-state index in [1.165, 1.54) is 0 Å². The van der Waals surface area contributed by atoms with Crippen molar-refractivity contribution < 1.29 is 14.2 Å². The Morgan fingerprint density at radius 2 is 1.83 bits per heavy atom. The SMILES string of the molecule is COc1ccc2c(c1)c(C1CC(c3ccc(OC)c(OC)c3)=NN1C(N)=S)cn2C. The highest BCUT2D eigenvalue weighted by Crippen LogP contribution is 2.39. The minimum absolute atomic E-state index is 0.110. The number of thiocarbonyl (C=S) groups is 1. The molecule has 4 rings (SSSR count). The first-order valence-electron chi connectivity index (χ1n) is 9.48. The summed E-state index contributed by atoms with van der Waals surface area (Å²) in [4.78, 5) is 0. The molecule has 30 heavy (non-hydrogen) atoms. The zero-order valence-electron chi connectivity index (χ0n) is 17.4. The number of hydrogen-bond acceptors (Lipinski definition) is 5. The van der Waals surface area contributed by atoms with Gasteiger partial charge < -0.3 is 24.5 Å². The largest absolute Gasteiger partial charge is 0.497 e. The number of methoxy groups -OCH3 is 3. The third kappa shape index (κ3) is 3.33. The van der Waals surface area contributed by atoms with Gasteiger partial charge >= 0.3 is 0 Å². The molecule has 0 fully saturated rings. The van der Waals surface area contributed by atoms with Crippen molar-refractivity contribution >= 4 is 33.9 Å². The van der Waals surface area contributed by atoms with Gasteiger partial charge in [-0.3, -0.25) is 0 Å². The molecule has 2 aromatic carbocycles. The third-order valence-corrected chi connectivity index (χ3v) is 5.63. The summed E-state index contributed by atoms with van der Waals surface area (Å²) in [7, 11) is 6.92. The molecule has 0 radical (unpaired) electrons. The predicted molar refractivity (Wildman–Crippen MR) is 122 cm³/mol. The van der Waals surface area contributed by atoms with Crippen LogP contribution in [0, 0.1) is 0 Å². The Bertz CT molecular complexity index is 1150. The molecule has 1 unspecified atom stereocenters. The van der Waals surface area contributed by atoms with Crippen LogP contribution in [0.15, 0.2) is 47.7 Å². The number of rotatable bonds is 5. The fraction of sp³-hybridized carbons (Fsp3) is 0.273. The van der Waals surface area contributed by atoms with Crippen LogP contribution >= 0.6 is 12.2 Å². The van der Waals surface area contributed by atoms with Crippen molar-refractivity contribution in [3.63, 3.8) is 0 Å². The van der Waals surface area contributed by atoms with Crippen LogP contribution in [0.25, 0.3) is 10.9 Å². The van der Waals surface area contributed by atoms with Crippen LogP contribution in [-0.2, 0) is 7.05 Å². The van der Waals surface area contributed by atoms with E-state index in [-0.39, 0.29) is 11.2 Å². The molecule has 8 heteroatoms. The van der Waals surface area contributed by atoms with Gasteiger partial charge in [-0.05, 0) is 48.6 Å². The number of hydrogen-bond donors (Lipinski definition) is 1. The van der Waals surface area contributed by atoms with Crippen LogP contribution in [-0.4, -0.2) is 41.7 Å². The fourth-order valence-electron chi connectivity index (χ4n) is 3.94. The number of ether oxygens (including phenoxy) is 3. The second-order valence-electron chi connectivity index (χ2n) is 7.10. The van der Waals surface area contributed by atoms with Crippen molar-refractivity contribution in [3.8, 4) is 17.2 Å². The maximum absolute atomic E-state index is 6.05. The molecule has 0 aliphatic carbocycles. The molecule has 0 spiro atoms. The lowest BCUT2D eigenvalue weighted by Gasteiger charge is -2.21. The summed E-state index contributed by atoms with van der Waals surface area (Å²) in [5.41, 5.74) is 10.1. The Balaban J connectivity index is 1.77. The van der Waals surface area contributed by atoms with E-state index in [0.29, 0.717) is 17.9 Å². The Hall–Kier alpha value is -3.26. The maximum atomic E-state index is 6.05. The van der Waals surface area contributed by atoms with Crippen LogP contribution in [0.3, 0.4) is 0 Å². The topological polar surface area (TPSA) is 74.2 Å². The minimum Gasteiger partial charge on any atom is -0.497 e. The molecule has 1 aliphatic rings. The van der Waals surface area contributed by atoms with Crippen molar-refractivity contribution in [1.29, 1.82) is 0 Å². The number of aromatic nitrogens is 1. The Kier molecular flexibility index (Phi) is 5.26. The number of aryl methyl sites for hydroxylation is 1. The van der Waals surface area contributed by atoms with Crippen LogP contribution in [0.5, 0.6) is 17.2 Å². The fourth-order valence-corrected chi connectivity index (χ4v) is 4.11. The number of benzene rings is 2. The molecule has 2 heterocycles. The van der Waals surface area contributed by atoms with Gasteiger partial charge in [0.25, 0.3) is 0 Å². The van der Waals surface area contributed by atoms with E-state index in [4.69, 9.17) is 37.3 Å². The Morgan fingerprint density at radius 3 is 2.50 bits per heavy atom. The summed E-state index contributed by atoms with van der Waals surface area (Å²) in [5.74, 6) is 2.12. The van der Waals surface area contributed by atoms with Gasteiger partial charge in [0.2, 0.25) is 0 Å². The molecule has 0 saturated carbocycles. The maximum Gasteiger partial charge on any atom is 0.187 e. The van der Waals surface area contributed by atoms with Gasteiger partial charge in [0.15, 0.2) is 16.6 Å². The molecular formula is C22H24N4O3S. The van der Waals surface area contributed by atoms with Crippen molar-refractivity contribution in [2.24, 2.45) is 17.9 Å². The number of hydrazone groups is 1. The van der Waals surface area contributed by atoms with Crippen LogP contribution in [0.1, 0.15) is 23.6 Å². The molecule has 1 atom stereocenters. The standard InChI is InChI=1S/C22H24N4O3S/c1-25-12-16(15-10-14(27-2)6-7-18(15)25)19-11-17(24-26(19)22(23)30)13-5-8-20(28-3)21(9-13)29-4/h5-10,12,19H,11H2,1-4H3,(H2,23,30). The van der Waals surface area contributed by atoms with E-state index in [1.807, 2.05) is 43.4 Å². The Morgan fingerprint density at radius 1 is 1.07 bits per heavy atom. The highest BCUT2D eigenvalue weighted by molar-refractivity contribution is 7.80. The summed E-state index contributed by atoms with van der Waals surface area (Å²) in [6, 6.07) is 11.7. The zero-order chi connectivity index (χ0) is 21.4. The van der Waals surface area contributed by atoms with E-state index in [0.717, 1.165) is 33.5 Å². The highest BCUT2D eigenvalue weighted by Gasteiger charge is 2.33. The van der Waals surface area contributed by atoms with Gasteiger partial charge in [-0.2, -0.15) is 5.10 Å². The van der Waals surface area contributed by atoms with E-state index in [9.17, 15) is 0 Å². The van der Waals surface area contributed by atoms with Gasteiger partial charge in [0.1, 0.15) is 5.75 Å². The van der Waals surface area contributed by atoms with Gasteiger partial charge in [-0.15, -0.1) is 0 Å².